The molecule has 0 aromatic heterocycles. The summed E-state index contributed by atoms with van der Waals surface area (Å²) in [6.45, 7) is 0. The summed E-state index contributed by atoms with van der Waals surface area (Å²) in [5.74, 6) is -1.32. The fourth-order valence-electron chi connectivity index (χ4n) is 3.10. The number of carbonyl (C=O) groups excluding carboxylic acids is 2. The van der Waals surface area contributed by atoms with Gasteiger partial charge in [0.15, 0.2) is 0 Å². The molecule has 1 saturated heterocycles. The van der Waals surface area contributed by atoms with Crippen LogP contribution in [0.3, 0.4) is 0 Å². The van der Waals surface area contributed by atoms with Gasteiger partial charge < -0.3 is 0 Å². The molecule has 0 saturated carbocycles. The Morgan fingerprint density at radius 3 is 1.28 bits per heavy atom. The predicted molar refractivity (Wildman–Crippen MR) is 97.0 cm³/mol. The average molecular weight is 328 g/mol. The maximum absolute atomic E-state index is 13.2. The Morgan fingerprint density at radius 2 is 0.880 bits per heavy atom. The first kappa shape index (κ1) is 15.1. The van der Waals surface area contributed by atoms with Gasteiger partial charge in [0.1, 0.15) is 5.92 Å². The van der Waals surface area contributed by atoms with Crippen LogP contribution in [0.4, 0.5) is 11.4 Å². The minimum atomic E-state index is -0.832. The third-order valence-electron chi connectivity index (χ3n) is 4.25. The number of carbonyl (C=O) groups is 2. The maximum Gasteiger partial charge on any atom is 0.263 e. The Balaban J connectivity index is 1.85. The van der Waals surface area contributed by atoms with Gasteiger partial charge >= 0.3 is 0 Å². The van der Waals surface area contributed by atoms with Crippen molar-refractivity contribution in [2.75, 3.05) is 10.0 Å². The van der Waals surface area contributed by atoms with E-state index in [9.17, 15) is 9.59 Å². The number of rotatable bonds is 3. The van der Waals surface area contributed by atoms with Crippen LogP contribution >= 0.6 is 0 Å². The highest BCUT2D eigenvalue weighted by molar-refractivity contribution is 6.26. The van der Waals surface area contributed by atoms with Crippen molar-refractivity contribution in [1.82, 2.24) is 0 Å². The van der Waals surface area contributed by atoms with Gasteiger partial charge in [-0.1, -0.05) is 66.7 Å². The number of anilines is 2. The first-order valence-electron chi connectivity index (χ1n) is 8.10. The van der Waals surface area contributed by atoms with Gasteiger partial charge in [0, 0.05) is 0 Å². The van der Waals surface area contributed by atoms with Gasteiger partial charge in [-0.05, 0) is 29.8 Å². The van der Waals surface area contributed by atoms with Gasteiger partial charge in [0.05, 0.1) is 11.4 Å². The molecule has 0 spiro atoms. The molecule has 0 bridgehead atoms. The Kier molecular flexibility index (Phi) is 3.78. The van der Waals surface area contributed by atoms with E-state index < -0.39 is 5.92 Å². The van der Waals surface area contributed by atoms with Gasteiger partial charge in [-0.15, -0.1) is 0 Å². The highest BCUT2D eigenvalue weighted by atomic mass is 16.2. The molecule has 25 heavy (non-hydrogen) atoms. The van der Waals surface area contributed by atoms with Crippen LogP contribution in [-0.2, 0) is 9.59 Å². The summed E-state index contributed by atoms with van der Waals surface area (Å²) >= 11 is 0. The molecular weight excluding hydrogens is 312 g/mol. The number of amides is 2. The van der Waals surface area contributed by atoms with E-state index in [2.05, 4.69) is 0 Å². The van der Waals surface area contributed by atoms with Crippen molar-refractivity contribution >= 4 is 23.2 Å². The fourth-order valence-corrected chi connectivity index (χ4v) is 3.10. The zero-order chi connectivity index (χ0) is 17.2. The van der Waals surface area contributed by atoms with E-state index in [1.165, 1.54) is 10.0 Å². The second-order valence-electron chi connectivity index (χ2n) is 5.81. The first-order valence-corrected chi connectivity index (χ1v) is 8.10. The van der Waals surface area contributed by atoms with E-state index in [-0.39, 0.29) is 11.8 Å². The minimum absolute atomic E-state index is 0.244. The molecule has 0 N–H and O–H groups in total. The molecule has 3 aromatic carbocycles. The summed E-state index contributed by atoms with van der Waals surface area (Å²) in [5, 5.41) is 2.94. The summed E-state index contributed by atoms with van der Waals surface area (Å²) in [6, 6.07) is 27.7. The quantitative estimate of drug-likeness (QED) is 0.687. The number of hydrazine groups is 1. The summed E-state index contributed by atoms with van der Waals surface area (Å²) in [5.41, 5.74) is 2.04. The van der Waals surface area contributed by atoms with Crippen molar-refractivity contribution in [3.05, 3.63) is 96.6 Å². The molecule has 4 rings (SSSR count). The Morgan fingerprint density at radius 1 is 0.520 bits per heavy atom. The monoisotopic (exact) mass is 328 g/mol. The molecule has 0 aliphatic carbocycles. The molecule has 0 radical (unpaired) electrons. The van der Waals surface area contributed by atoms with Gasteiger partial charge in [-0.2, -0.15) is 0 Å². The van der Waals surface area contributed by atoms with Crippen molar-refractivity contribution in [1.29, 1.82) is 0 Å². The van der Waals surface area contributed by atoms with E-state index >= 15 is 0 Å². The molecule has 122 valence electrons. The van der Waals surface area contributed by atoms with E-state index in [4.69, 9.17) is 0 Å². The fraction of sp³-hybridized carbons (Fsp3) is 0.0476. The average Bonchev–Trinajstić information content (AvgIpc) is 2.94. The third-order valence-corrected chi connectivity index (χ3v) is 4.25. The number of nitrogens with zero attached hydrogens (tertiary/aromatic N) is 2. The molecule has 1 aliphatic heterocycles. The maximum atomic E-state index is 13.2. The van der Waals surface area contributed by atoms with Gasteiger partial charge in [0.25, 0.3) is 11.8 Å². The highest BCUT2D eigenvalue weighted by Gasteiger charge is 2.47. The van der Waals surface area contributed by atoms with Gasteiger partial charge in [-0.3, -0.25) is 9.59 Å². The minimum Gasteiger partial charge on any atom is -0.271 e. The van der Waals surface area contributed by atoms with Crippen molar-refractivity contribution in [3.63, 3.8) is 0 Å². The van der Waals surface area contributed by atoms with E-state index in [1.807, 2.05) is 91.0 Å². The molecule has 2 amide bonds. The molecule has 1 aliphatic rings. The molecule has 4 heteroatoms. The zero-order valence-electron chi connectivity index (χ0n) is 13.4. The highest BCUT2D eigenvalue weighted by Crippen LogP contribution is 2.36. The van der Waals surface area contributed by atoms with E-state index in [1.54, 1.807) is 0 Å². The lowest BCUT2D eigenvalue weighted by atomic mass is 9.98. The van der Waals surface area contributed by atoms with Crippen LogP contribution in [0.25, 0.3) is 0 Å². The molecule has 0 atom stereocenters. The lowest BCUT2D eigenvalue weighted by Gasteiger charge is -2.27. The van der Waals surface area contributed by atoms with Gasteiger partial charge in [0.2, 0.25) is 0 Å². The second kappa shape index (κ2) is 6.24. The molecule has 4 nitrogen and oxygen atoms in total. The Hall–Kier alpha value is -3.40. The standard InChI is InChI=1S/C21H16N2O2/c24-20-19(16-10-4-1-5-11-16)21(25)23(18-14-8-3-9-15-18)22(20)17-12-6-2-7-13-17/h1-15,19H. The first-order chi connectivity index (χ1) is 12.3. The second-order valence-corrected chi connectivity index (χ2v) is 5.81. The van der Waals surface area contributed by atoms with Crippen molar-refractivity contribution in [2.45, 2.75) is 5.92 Å². The normalized spacial score (nSPS) is 15.0. The van der Waals surface area contributed by atoms with Crippen molar-refractivity contribution in [2.24, 2.45) is 0 Å². The van der Waals surface area contributed by atoms with Crippen LogP contribution in [0, 0.1) is 0 Å². The summed E-state index contributed by atoms with van der Waals surface area (Å²) in [7, 11) is 0. The van der Waals surface area contributed by atoms with Crippen LogP contribution < -0.4 is 10.0 Å². The van der Waals surface area contributed by atoms with Crippen LogP contribution in [0.5, 0.6) is 0 Å². The number of para-hydroxylation sites is 2. The summed E-state index contributed by atoms with van der Waals surface area (Å²) in [4.78, 5) is 26.3. The SMILES string of the molecule is O=C1C(c2ccccc2)C(=O)N(c2ccccc2)N1c1ccccc1. The topological polar surface area (TPSA) is 40.6 Å². The predicted octanol–water partition coefficient (Wildman–Crippen LogP) is 3.77. The number of benzene rings is 3. The largest absolute Gasteiger partial charge is 0.271 e. The lowest BCUT2D eigenvalue weighted by Crippen LogP contribution is -2.41. The zero-order valence-corrected chi connectivity index (χ0v) is 13.4. The Labute approximate surface area is 145 Å². The molecule has 3 aromatic rings. The number of hydrogen-bond acceptors (Lipinski definition) is 2. The van der Waals surface area contributed by atoms with Crippen LogP contribution in [-0.4, -0.2) is 11.8 Å². The molecule has 1 fully saturated rings. The summed E-state index contributed by atoms with van der Waals surface area (Å²) in [6.07, 6.45) is 0. The van der Waals surface area contributed by atoms with Gasteiger partial charge in [-0.25, -0.2) is 10.0 Å². The van der Waals surface area contributed by atoms with Crippen LogP contribution in [0.15, 0.2) is 91.0 Å². The third kappa shape index (κ3) is 2.58. The van der Waals surface area contributed by atoms with Crippen molar-refractivity contribution < 1.29 is 9.59 Å². The van der Waals surface area contributed by atoms with Crippen molar-refractivity contribution in [3.8, 4) is 0 Å². The van der Waals surface area contributed by atoms with Crippen LogP contribution in [0.1, 0.15) is 11.5 Å². The molecular formula is C21H16N2O2. The Bertz CT molecular complexity index is 837. The smallest absolute Gasteiger partial charge is 0.263 e. The van der Waals surface area contributed by atoms with E-state index in [0.717, 1.165) is 0 Å². The summed E-state index contributed by atoms with van der Waals surface area (Å²) < 4.78 is 0. The van der Waals surface area contributed by atoms with E-state index in [0.29, 0.717) is 16.9 Å². The molecule has 1 heterocycles. The van der Waals surface area contributed by atoms with Crippen LogP contribution in [0.2, 0.25) is 0 Å². The number of hydrogen-bond donors (Lipinski definition) is 0. The lowest BCUT2D eigenvalue weighted by molar-refractivity contribution is -0.123. The molecule has 0 unspecified atom stereocenters.